The van der Waals surface area contributed by atoms with E-state index >= 15 is 0 Å². The summed E-state index contributed by atoms with van der Waals surface area (Å²) in [5, 5.41) is 12.9. The minimum absolute atomic E-state index is 0.0142. The molecule has 0 unspecified atom stereocenters. The molecular weight excluding hydrogens is 428 g/mol. The fourth-order valence-corrected chi connectivity index (χ4v) is 5.46. The second-order valence-corrected chi connectivity index (χ2v) is 9.52. The lowest BCUT2D eigenvalue weighted by atomic mass is 9.77. The maximum Gasteiger partial charge on any atom is 0.335 e. The van der Waals surface area contributed by atoms with Gasteiger partial charge < -0.3 is 10.4 Å². The van der Waals surface area contributed by atoms with Gasteiger partial charge in [-0.1, -0.05) is 24.3 Å². The van der Waals surface area contributed by atoms with E-state index in [4.69, 9.17) is 0 Å². The number of nitrogens with one attached hydrogen (secondary N) is 2. The summed E-state index contributed by atoms with van der Waals surface area (Å²) < 4.78 is 28.2. The van der Waals surface area contributed by atoms with Gasteiger partial charge in [-0.15, -0.1) is 0 Å². The Hall–Kier alpha value is -3.72. The molecule has 1 aliphatic heterocycles. The van der Waals surface area contributed by atoms with Crippen LogP contribution in [0.5, 0.6) is 0 Å². The minimum atomic E-state index is -3.85. The highest BCUT2D eigenvalue weighted by Crippen LogP contribution is 2.50. The van der Waals surface area contributed by atoms with Crippen LogP contribution >= 0.6 is 0 Å². The molecule has 2 aliphatic rings. The highest BCUT2D eigenvalue weighted by Gasteiger charge is 2.38. The number of fused-ring (bicyclic) bond motifs is 3. The van der Waals surface area contributed by atoms with E-state index in [1.54, 1.807) is 42.5 Å². The normalized spacial score (nSPS) is 21.3. The average Bonchev–Trinajstić information content (AvgIpc) is 3.29. The molecular formula is C23H20N4O4S. The number of carboxylic acid groups (broad SMARTS) is 1. The molecule has 32 heavy (non-hydrogen) atoms. The van der Waals surface area contributed by atoms with Crippen LogP contribution in [0.4, 0.5) is 11.6 Å². The molecule has 0 fully saturated rings. The van der Waals surface area contributed by atoms with Crippen molar-refractivity contribution in [3.05, 3.63) is 89.8 Å². The van der Waals surface area contributed by atoms with Gasteiger partial charge in [0.2, 0.25) is 5.95 Å². The summed E-state index contributed by atoms with van der Waals surface area (Å²) >= 11 is 0. The van der Waals surface area contributed by atoms with Crippen LogP contribution in [0.3, 0.4) is 0 Å². The van der Waals surface area contributed by atoms with Gasteiger partial charge in [0.25, 0.3) is 10.0 Å². The van der Waals surface area contributed by atoms with E-state index in [0.717, 1.165) is 23.2 Å². The van der Waals surface area contributed by atoms with Crippen molar-refractivity contribution in [3.8, 4) is 0 Å². The Morgan fingerprint density at radius 2 is 1.91 bits per heavy atom. The Balaban J connectivity index is 1.50. The lowest BCUT2D eigenvalue weighted by Gasteiger charge is -2.37. The van der Waals surface area contributed by atoms with Crippen molar-refractivity contribution < 1.29 is 18.3 Å². The maximum atomic E-state index is 12.9. The third-order valence-electron chi connectivity index (χ3n) is 5.93. The molecule has 9 heteroatoms. The first-order chi connectivity index (χ1) is 15.4. The van der Waals surface area contributed by atoms with Gasteiger partial charge in [0.15, 0.2) is 0 Å². The first-order valence-electron chi connectivity index (χ1n) is 10.1. The van der Waals surface area contributed by atoms with Crippen LogP contribution in [0, 0.1) is 5.92 Å². The SMILES string of the molecule is O=C(O)c1cccc([C@@H]2Nc3ccc(S(=O)(=O)Nc4ncccn4)cc3[C@@H]3C=CC[C@@H]32)c1. The highest BCUT2D eigenvalue weighted by molar-refractivity contribution is 7.92. The molecule has 0 bridgehead atoms. The van der Waals surface area contributed by atoms with E-state index in [1.165, 1.54) is 12.4 Å². The molecule has 3 N–H and O–H groups in total. The summed E-state index contributed by atoms with van der Waals surface area (Å²) in [5.74, 6) is -0.781. The van der Waals surface area contributed by atoms with Gasteiger partial charge in [-0.3, -0.25) is 0 Å². The number of hydrogen-bond donors (Lipinski definition) is 3. The molecule has 5 rings (SSSR count). The number of aromatic nitrogens is 2. The molecule has 0 saturated carbocycles. The van der Waals surface area contributed by atoms with Crippen molar-refractivity contribution in [2.75, 3.05) is 10.0 Å². The lowest BCUT2D eigenvalue weighted by molar-refractivity contribution is 0.0696. The zero-order valence-corrected chi connectivity index (χ0v) is 17.7. The fraction of sp³-hybridized carbons (Fsp3) is 0.174. The first kappa shape index (κ1) is 20.2. The number of allylic oxidation sites excluding steroid dienone is 2. The van der Waals surface area contributed by atoms with Gasteiger partial charge in [-0.2, -0.15) is 0 Å². The quantitative estimate of drug-likeness (QED) is 0.508. The monoisotopic (exact) mass is 448 g/mol. The number of carbonyl (C=O) groups is 1. The molecule has 3 aromatic rings. The van der Waals surface area contributed by atoms with Crippen LogP contribution < -0.4 is 10.0 Å². The predicted molar refractivity (Wildman–Crippen MR) is 119 cm³/mol. The molecule has 162 valence electrons. The molecule has 0 amide bonds. The number of carboxylic acids is 1. The van der Waals surface area contributed by atoms with Crippen LogP contribution in [-0.2, 0) is 10.0 Å². The van der Waals surface area contributed by atoms with E-state index in [9.17, 15) is 18.3 Å². The summed E-state index contributed by atoms with van der Waals surface area (Å²) in [4.78, 5) is 19.4. The molecule has 2 aromatic carbocycles. The zero-order chi connectivity index (χ0) is 22.3. The van der Waals surface area contributed by atoms with E-state index in [1.807, 2.05) is 6.07 Å². The first-order valence-corrected chi connectivity index (χ1v) is 11.6. The smallest absolute Gasteiger partial charge is 0.335 e. The van der Waals surface area contributed by atoms with Crippen molar-refractivity contribution in [1.29, 1.82) is 0 Å². The summed E-state index contributed by atoms with van der Waals surface area (Å²) in [5.41, 5.74) is 2.87. The second-order valence-electron chi connectivity index (χ2n) is 7.83. The van der Waals surface area contributed by atoms with Crippen molar-refractivity contribution in [2.45, 2.75) is 23.3 Å². The highest BCUT2D eigenvalue weighted by atomic mass is 32.2. The Kier molecular flexibility index (Phi) is 4.90. The molecule has 8 nitrogen and oxygen atoms in total. The maximum absolute atomic E-state index is 12.9. The number of sulfonamides is 1. The fourth-order valence-electron chi connectivity index (χ4n) is 4.47. The number of hydrogen-bond acceptors (Lipinski definition) is 6. The third kappa shape index (κ3) is 3.60. The van der Waals surface area contributed by atoms with Gasteiger partial charge in [0, 0.05) is 24.0 Å². The summed E-state index contributed by atoms with van der Waals surface area (Å²) in [6.45, 7) is 0. The molecule has 1 aliphatic carbocycles. The zero-order valence-electron chi connectivity index (χ0n) is 16.8. The van der Waals surface area contributed by atoms with Crippen LogP contribution in [0.15, 0.2) is 78.0 Å². The van der Waals surface area contributed by atoms with Gasteiger partial charge in [-0.05, 0) is 59.9 Å². The van der Waals surface area contributed by atoms with Crippen molar-refractivity contribution >= 4 is 27.6 Å². The van der Waals surface area contributed by atoms with Crippen molar-refractivity contribution in [1.82, 2.24) is 9.97 Å². The molecule has 0 saturated heterocycles. The van der Waals surface area contributed by atoms with E-state index in [0.29, 0.717) is 0 Å². The number of benzene rings is 2. The summed E-state index contributed by atoms with van der Waals surface area (Å²) in [6, 6.07) is 13.5. The van der Waals surface area contributed by atoms with Gasteiger partial charge >= 0.3 is 5.97 Å². The Labute approximate surface area is 185 Å². The predicted octanol–water partition coefficient (Wildman–Crippen LogP) is 3.80. The lowest BCUT2D eigenvalue weighted by Crippen LogP contribution is -2.29. The summed E-state index contributed by atoms with van der Waals surface area (Å²) in [7, 11) is -3.85. The standard InChI is InChI=1S/C23H20N4O4S/c28-22(29)15-5-1-4-14(12-15)21-18-7-2-6-17(18)19-13-16(8-9-20(19)26-21)32(30,31)27-23-24-10-3-11-25-23/h1-6,8-13,17-18,21,26H,7H2,(H,28,29)(H,24,25,27)/t17-,18+,21+/m1/s1. The largest absolute Gasteiger partial charge is 0.478 e. The minimum Gasteiger partial charge on any atom is -0.478 e. The van der Waals surface area contributed by atoms with Crippen LogP contribution in [0.1, 0.15) is 39.9 Å². The topological polar surface area (TPSA) is 121 Å². The second kappa shape index (κ2) is 7.76. The van der Waals surface area contributed by atoms with E-state index in [-0.39, 0.29) is 34.3 Å². The number of rotatable bonds is 5. The van der Waals surface area contributed by atoms with Crippen LogP contribution in [0.2, 0.25) is 0 Å². The Morgan fingerprint density at radius 1 is 1.09 bits per heavy atom. The summed E-state index contributed by atoms with van der Waals surface area (Å²) in [6.07, 6.45) is 7.94. The molecule has 3 atom stereocenters. The van der Waals surface area contributed by atoms with Crippen LogP contribution in [-0.4, -0.2) is 29.5 Å². The third-order valence-corrected chi connectivity index (χ3v) is 7.25. The molecule has 1 aromatic heterocycles. The van der Waals surface area contributed by atoms with E-state index < -0.39 is 16.0 Å². The Bertz CT molecular complexity index is 1320. The van der Waals surface area contributed by atoms with Crippen molar-refractivity contribution in [3.63, 3.8) is 0 Å². The number of nitrogens with zero attached hydrogens (tertiary/aromatic N) is 2. The van der Waals surface area contributed by atoms with Crippen LogP contribution in [0.25, 0.3) is 0 Å². The van der Waals surface area contributed by atoms with Gasteiger partial charge in [0.05, 0.1) is 16.5 Å². The molecule has 2 heterocycles. The van der Waals surface area contributed by atoms with Crippen molar-refractivity contribution in [2.24, 2.45) is 5.92 Å². The average molecular weight is 449 g/mol. The Morgan fingerprint density at radius 3 is 2.69 bits per heavy atom. The van der Waals surface area contributed by atoms with Gasteiger partial charge in [0.1, 0.15) is 0 Å². The number of anilines is 2. The van der Waals surface area contributed by atoms with Gasteiger partial charge in [-0.25, -0.2) is 27.9 Å². The molecule has 0 radical (unpaired) electrons. The van der Waals surface area contributed by atoms with E-state index in [2.05, 4.69) is 32.2 Å². The number of aromatic carboxylic acids is 1. The molecule has 0 spiro atoms.